The van der Waals surface area contributed by atoms with E-state index in [1.54, 1.807) is 74.5 Å². The Kier molecular flexibility index (Phi) is 9.21. The smallest absolute Gasteiger partial charge is 0.272 e. The third-order valence-electron chi connectivity index (χ3n) is 5.61. The van der Waals surface area contributed by atoms with Gasteiger partial charge in [0.25, 0.3) is 11.8 Å². The zero-order valence-corrected chi connectivity index (χ0v) is 22.0. The number of hydrogen-bond acceptors (Lipinski definition) is 5. The molecule has 0 aromatic heterocycles. The Morgan fingerprint density at radius 1 is 0.816 bits per heavy atom. The van der Waals surface area contributed by atoms with Crippen molar-refractivity contribution in [2.75, 3.05) is 19.5 Å². The normalized spacial score (nSPS) is 10.9. The van der Waals surface area contributed by atoms with Crippen molar-refractivity contribution < 1.29 is 19.1 Å². The average Bonchev–Trinajstić information content (AvgIpc) is 2.96. The second-order valence-corrected chi connectivity index (χ2v) is 9.29. The lowest BCUT2D eigenvalue weighted by Gasteiger charge is -2.13. The SMILES string of the molecule is COc1ccc(OC)c(/C=C(/NC(=O)c2ccccc2)C(=O)Nc2cccc(SCc3ccccc3)c2)c1. The Morgan fingerprint density at radius 2 is 1.55 bits per heavy atom. The minimum absolute atomic E-state index is 0.0627. The van der Waals surface area contributed by atoms with Gasteiger partial charge in [0.15, 0.2) is 0 Å². The first kappa shape index (κ1) is 26.6. The van der Waals surface area contributed by atoms with Crippen LogP contribution in [0.25, 0.3) is 6.08 Å². The molecule has 0 aliphatic heterocycles. The maximum atomic E-state index is 13.5. The van der Waals surface area contributed by atoms with Crippen LogP contribution in [0, 0.1) is 0 Å². The van der Waals surface area contributed by atoms with E-state index in [4.69, 9.17) is 9.47 Å². The highest BCUT2D eigenvalue weighted by Crippen LogP contribution is 2.27. The number of hydrogen-bond donors (Lipinski definition) is 2. The first-order valence-corrected chi connectivity index (χ1v) is 12.9. The third kappa shape index (κ3) is 7.27. The molecular weight excluding hydrogens is 496 g/mol. The van der Waals surface area contributed by atoms with E-state index in [0.29, 0.717) is 28.3 Å². The number of nitrogens with one attached hydrogen (secondary N) is 2. The molecule has 4 rings (SSSR count). The summed E-state index contributed by atoms with van der Waals surface area (Å²) < 4.78 is 10.8. The molecule has 0 spiro atoms. The van der Waals surface area contributed by atoms with Gasteiger partial charge in [0.05, 0.1) is 14.2 Å². The molecule has 192 valence electrons. The summed E-state index contributed by atoms with van der Waals surface area (Å²) in [4.78, 5) is 27.4. The lowest BCUT2D eigenvalue weighted by Crippen LogP contribution is -2.30. The van der Waals surface area contributed by atoms with Gasteiger partial charge < -0.3 is 20.1 Å². The van der Waals surface area contributed by atoms with E-state index in [-0.39, 0.29) is 5.70 Å². The van der Waals surface area contributed by atoms with Crippen molar-refractivity contribution in [1.82, 2.24) is 5.32 Å². The summed E-state index contributed by atoms with van der Waals surface area (Å²) in [6.45, 7) is 0. The Hall–Kier alpha value is -4.49. The zero-order chi connectivity index (χ0) is 26.7. The monoisotopic (exact) mass is 524 g/mol. The largest absolute Gasteiger partial charge is 0.497 e. The van der Waals surface area contributed by atoms with Gasteiger partial charge in [0.2, 0.25) is 0 Å². The molecule has 38 heavy (non-hydrogen) atoms. The van der Waals surface area contributed by atoms with Gasteiger partial charge in [-0.25, -0.2) is 0 Å². The van der Waals surface area contributed by atoms with Crippen LogP contribution in [0.15, 0.2) is 114 Å². The second kappa shape index (κ2) is 13.2. The third-order valence-corrected chi connectivity index (χ3v) is 6.67. The van der Waals surface area contributed by atoms with Crippen molar-refractivity contribution in [2.45, 2.75) is 10.6 Å². The van der Waals surface area contributed by atoms with Gasteiger partial charge in [0, 0.05) is 27.5 Å². The van der Waals surface area contributed by atoms with Gasteiger partial charge in [-0.2, -0.15) is 0 Å². The summed E-state index contributed by atoms with van der Waals surface area (Å²) in [7, 11) is 3.10. The Balaban J connectivity index is 1.59. The van der Waals surface area contributed by atoms with Crippen molar-refractivity contribution in [3.63, 3.8) is 0 Å². The minimum atomic E-state index is -0.468. The maximum absolute atomic E-state index is 13.5. The number of carbonyl (C=O) groups is 2. The fourth-order valence-electron chi connectivity index (χ4n) is 3.65. The van der Waals surface area contributed by atoms with Crippen molar-refractivity contribution in [3.8, 4) is 11.5 Å². The predicted molar refractivity (Wildman–Crippen MR) is 153 cm³/mol. The Bertz CT molecular complexity index is 1420. The molecule has 7 heteroatoms. The van der Waals surface area contributed by atoms with Crippen LogP contribution in [0.3, 0.4) is 0 Å². The van der Waals surface area contributed by atoms with Crippen LogP contribution in [0.1, 0.15) is 21.5 Å². The summed E-state index contributed by atoms with van der Waals surface area (Å²) in [5.41, 5.74) is 2.91. The predicted octanol–water partition coefficient (Wildman–Crippen LogP) is 6.41. The van der Waals surface area contributed by atoms with Crippen molar-refractivity contribution in [3.05, 3.63) is 126 Å². The summed E-state index contributed by atoms with van der Waals surface area (Å²) in [6.07, 6.45) is 1.57. The van der Waals surface area contributed by atoms with Gasteiger partial charge in [-0.05, 0) is 60.2 Å². The number of benzene rings is 4. The lowest BCUT2D eigenvalue weighted by atomic mass is 10.1. The van der Waals surface area contributed by atoms with Gasteiger partial charge in [-0.3, -0.25) is 9.59 Å². The highest BCUT2D eigenvalue weighted by molar-refractivity contribution is 7.98. The number of rotatable bonds is 10. The van der Waals surface area contributed by atoms with Crippen LogP contribution in [0.4, 0.5) is 5.69 Å². The maximum Gasteiger partial charge on any atom is 0.272 e. The zero-order valence-electron chi connectivity index (χ0n) is 21.1. The quantitative estimate of drug-likeness (QED) is 0.185. The Morgan fingerprint density at radius 3 is 2.26 bits per heavy atom. The molecule has 0 saturated carbocycles. The van der Waals surface area contributed by atoms with Crippen LogP contribution in [0.2, 0.25) is 0 Å². The lowest BCUT2D eigenvalue weighted by molar-refractivity contribution is -0.113. The summed E-state index contributed by atoms with van der Waals surface area (Å²) in [6, 6.07) is 31.8. The number of methoxy groups -OCH3 is 2. The molecule has 0 atom stereocenters. The van der Waals surface area contributed by atoms with Crippen molar-refractivity contribution in [2.24, 2.45) is 0 Å². The van der Waals surface area contributed by atoms with E-state index >= 15 is 0 Å². The molecule has 0 bridgehead atoms. The fraction of sp³-hybridized carbons (Fsp3) is 0.0968. The molecule has 0 aliphatic carbocycles. The van der Waals surface area contributed by atoms with E-state index < -0.39 is 11.8 Å². The van der Waals surface area contributed by atoms with Crippen LogP contribution in [-0.2, 0) is 10.5 Å². The van der Waals surface area contributed by atoms with E-state index in [1.165, 1.54) is 5.56 Å². The van der Waals surface area contributed by atoms with Gasteiger partial charge in [0.1, 0.15) is 17.2 Å². The van der Waals surface area contributed by atoms with Crippen molar-refractivity contribution >= 4 is 35.3 Å². The standard InChI is InChI=1S/C31H28N2O4S/c1-36-26-16-17-29(37-2)24(18-26)19-28(33-30(34)23-12-7-4-8-13-23)31(35)32-25-14-9-15-27(20-25)38-21-22-10-5-3-6-11-22/h3-20H,21H2,1-2H3,(H,32,35)(H,33,34)/b28-19+. The minimum Gasteiger partial charge on any atom is -0.497 e. The molecule has 0 saturated heterocycles. The molecule has 0 radical (unpaired) electrons. The summed E-state index contributed by atoms with van der Waals surface area (Å²) >= 11 is 1.68. The first-order chi connectivity index (χ1) is 18.6. The molecule has 4 aromatic rings. The van der Waals surface area contributed by atoms with Crippen molar-refractivity contribution in [1.29, 1.82) is 0 Å². The first-order valence-electron chi connectivity index (χ1n) is 11.9. The Labute approximate surface area is 226 Å². The molecule has 0 fully saturated rings. The molecule has 0 heterocycles. The van der Waals surface area contributed by atoms with Crippen LogP contribution in [-0.4, -0.2) is 26.0 Å². The van der Waals surface area contributed by atoms with E-state index in [1.807, 2.05) is 48.5 Å². The molecule has 2 N–H and O–H groups in total. The molecule has 6 nitrogen and oxygen atoms in total. The summed E-state index contributed by atoms with van der Waals surface area (Å²) in [5.74, 6) is 1.07. The van der Waals surface area contributed by atoms with Gasteiger partial charge in [-0.1, -0.05) is 54.6 Å². The van der Waals surface area contributed by atoms with Gasteiger partial charge >= 0.3 is 0 Å². The molecule has 0 unspecified atom stereocenters. The molecule has 4 aromatic carbocycles. The van der Waals surface area contributed by atoms with E-state index in [2.05, 4.69) is 22.8 Å². The molecule has 0 aliphatic rings. The number of anilines is 1. The molecular formula is C31H28N2O4S. The number of carbonyl (C=O) groups excluding carboxylic acids is 2. The number of amides is 2. The number of ether oxygens (including phenoxy) is 2. The average molecular weight is 525 g/mol. The molecule has 2 amide bonds. The highest BCUT2D eigenvalue weighted by Gasteiger charge is 2.17. The van der Waals surface area contributed by atoms with Crippen LogP contribution < -0.4 is 20.1 Å². The van der Waals surface area contributed by atoms with E-state index in [9.17, 15) is 9.59 Å². The second-order valence-electron chi connectivity index (χ2n) is 8.24. The topological polar surface area (TPSA) is 76.7 Å². The highest BCUT2D eigenvalue weighted by atomic mass is 32.2. The van der Waals surface area contributed by atoms with E-state index in [0.717, 1.165) is 10.6 Å². The fourth-order valence-corrected chi connectivity index (χ4v) is 4.56. The van der Waals surface area contributed by atoms with Crippen LogP contribution in [0.5, 0.6) is 11.5 Å². The van der Waals surface area contributed by atoms with Gasteiger partial charge in [-0.15, -0.1) is 11.8 Å². The number of thioether (sulfide) groups is 1. The van der Waals surface area contributed by atoms with Crippen LogP contribution >= 0.6 is 11.8 Å². The summed E-state index contributed by atoms with van der Waals surface area (Å²) in [5, 5.41) is 5.68.